The van der Waals surface area contributed by atoms with Crippen LogP contribution in [0.25, 0.3) is 10.2 Å². The maximum absolute atomic E-state index is 12.0. The van der Waals surface area contributed by atoms with Crippen LogP contribution in [0.15, 0.2) is 42.5 Å². The normalized spacial score (nSPS) is 10.3. The van der Waals surface area contributed by atoms with Crippen LogP contribution in [0.2, 0.25) is 0 Å². The Morgan fingerprint density at radius 3 is 2.78 bits per heavy atom. The molecule has 114 valence electrons. The highest BCUT2D eigenvalue weighted by Gasteiger charge is 2.08. The van der Waals surface area contributed by atoms with Gasteiger partial charge in [0.1, 0.15) is 0 Å². The number of aromatic nitrogens is 1. The molecule has 0 radical (unpaired) electrons. The smallest absolute Gasteiger partial charge is 0.245 e. The lowest BCUT2D eigenvalue weighted by atomic mass is 10.2. The molecule has 23 heavy (non-hydrogen) atoms. The Bertz CT molecular complexity index is 893. The summed E-state index contributed by atoms with van der Waals surface area (Å²) in [6, 6.07) is 15.0. The molecule has 2 N–H and O–H groups in total. The van der Waals surface area contributed by atoms with Gasteiger partial charge < -0.3 is 10.6 Å². The summed E-state index contributed by atoms with van der Waals surface area (Å²) in [7, 11) is 0. The van der Waals surface area contributed by atoms with E-state index in [1.165, 1.54) is 16.9 Å². The first-order chi connectivity index (χ1) is 11.1. The minimum absolute atomic E-state index is 0.140. The second-order valence-electron chi connectivity index (χ2n) is 5.08. The largest absolute Gasteiger partial charge is 0.376 e. The number of hydrogen-bond donors (Lipinski definition) is 2. The second kappa shape index (κ2) is 6.46. The molecule has 1 aromatic heterocycles. The van der Waals surface area contributed by atoms with Gasteiger partial charge in [-0.15, -0.1) is 0 Å². The number of hydrogen-bond acceptors (Lipinski definition) is 5. The lowest BCUT2D eigenvalue weighted by Crippen LogP contribution is -2.21. The van der Waals surface area contributed by atoms with Crippen LogP contribution in [0.5, 0.6) is 0 Å². The lowest BCUT2D eigenvalue weighted by molar-refractivity contribution is -0.114. The highest BCUT2D eigenvalue weighted by Crippen LogP contribution is 2.26. The molecule has 3 rings (SSSR count). The minimum Gasteiger partial charge on any atom is -0.376 e. The third-order valence-corrected chi connectivity index (χ3v) is 4.19. The summed E-state index contributed by atoms with van der Waals surface area (Å²) in [5.74, 6) is -0.162. The van der Waals surface area contributed by atoms with Crippen LogP contribution < -0.4 is 10.6 Å². The summed E-state index contributed by atoms with van der Waals surface area (Å²) in [6.45, 7) is 2.17. The van der Waals surface area contributed by atoms with Gasteiger partial charge >= 0.3 is 0 Å². The predicted octanol–water partition coefficient (Wildman–Crippen LogP) is 3.53. The third-order valence-electron chi connectivity index (χ3n) is 3.26. The van der Waals surface area contributed by atoms with Crippen LogP contribution in [0.1, 0.15) is 11.1 Å². The van der Waals surface area contributed by atoms with Gasteiger partial charge in [0, 0.05) is 5.69 Å². The van der Waals surface area contributed by atoms with Crippen molar-refractivity contribution >= 4 is 38.3 Å². The van der Waals surface area contributed by atoms with Crippen molar-refractivity contribution < 1.29 is 4.79 Å². The second-order valence-corrected chi connectivity index (χ2v) is 6.11. The van der Waals surface area contributed by atoms with Crippen molar-refractivity contribution in [1.29, 1.82) is 5.26 Å². The van der Waals surface area contributed by atoms with E-state index in [-0.39, 0.29) is 12.5 Å². The first kappa shape index (κ1) is 15.0. The number of amides is 1. The van der Waals surface area contributed by atoms with E-state index in [0.29, 0.717) is 10.7 Å². The van der Waals surface area contributed by atoms with E-state index in [4.69, 9.17) is 5.26 Å². The van der Waals surface area contributed by atoms with Gasteiger partial charge in [-0.1, -0.05) is 17.4 Å². The molecule has 1 amide bonds. The number of nitriles is 1. The number of nitrogens with zero attached hydrogens (tertiary/aromatic N) is 2. The Hall–Kier alpha value is -2.91. The van der Waals surface area contributed by atoms with Crippen LogP contribution in [0.4, 0.5) is 10.8 Å². The van der Waals surface area contributed by atoms with Crippen molar-refractivity contribution in [3.05, 3.63) is 53.6 Å². The van der Waals surface area contributed by atoms with E-state index < -0.39 is 0 Å². The van der Waals surface area contributed by atoms with Gasteiger partial charge in [0.15, 0.2) is 5.13 Å². The minimum atomic E-state index is -0.162. The molecule has 0 saturated heterocycles. The van der Waals surface area contributed by atoms with Crippen molar-refractivity contribution in [3.63, 3.8) is 0 Å². The Morgan fingerprint density at radius 1 is 1.26 bits per heavy atom. The van der Waals surface area contributed by atoms with Gasteiger partial charge in [-0.2, -0.15) is 5.26 Å². The highest BCUT2D eigenvalue weighted by molar-refractivity contribution is 7.22. The summed E-state index contributed by atoms with van der Waals surface area (Å²) >= 11 is 1.46. The number of carbonyl (C=O) groups excluding carboxylic acids is 1. The van der Waals surface area contributed by atoms with E-state index in [1.807, 2.05) is 19.1 Å². The van der Waals surface area contributed by atoms with E-state index in [0.717, 1.165) is 15.9 Å². The van der Waals surface area contributed by atoms with Gasteiger partial charge in [-0.3, -0.25) is 4.79 Å². The van der Waals surface area contributed by atoms with Crippen molar-refractivity contribution in [1.82, 2.24) is 4.98 Å². The average molecular weight is 322 g/mol. The van der Waals surface area contributed by atoms with Crippen LogP contribution in [-0.2, 0) is 4.79 Å². The molecule has 6 heteroatoms. The fraction of sp³-hybridized carbons (Fsp3) is 0.118. The number of thiazole rings is 1. The summed E-state index contributed by atoms with van der Waals surface area (Å²) in [5, 5.41) is 15.2. The van der Waals surface area contributed by atoms with Gasteiger partial charge in [0.25, 0.3) is 0 Å². The molecule has 0 spiro atoms. The van der Waals surface area contributed by atoms with Crippen molar-refractivity contribution in [2.75, 3.05) is 17.2 Å². The summed E-state index contributed by atoms with van der Waals surface area (Å²) in [6.07, 6.45) is 0. The average Bonchev–Trinajstić information content (AvgIpc) is 2.94. The number of rotatable bonds is 4. The molecular weight excluding hydrogens is 308 g/mol. The van der Waals surface area contributed by atoms with E-state index >= 15 is 0 Å². The van der Waals surface area contributed by atoms with Crippen LogP contribution >= 0.6 is 11.3 Å². The molecule has 0 aliphatic heterocycles. The molecule has 0 saturated carbocycles. The van der Waals surface area contributed by atoms with Gasteiger partial charge in [-0.25, -0.2) is 4.98 Å². The van der Waals surface area contributed by atoms with Crippen molar-refractivity contribution in [2.45, 2.75) is 6.92 Å². The molecule has 3 aromatic rings. The lowest BCUT2D eigenvalue weighted by Gasteiger charge is -2.05. The molecular formula is C17H14N4OS. The quantitative estimate of drug-likeness (QED) is 0.770. The Morgan fingerprint density at radius 2 is 2.04 bits per heavy atom. The van der Waals surface area contributed by atoms with Crippen LogP contribution in [0.3, 0.4) is 0 Å². The molecule has 0 aliphatic rings. The van der Waals surface area contributed by atoms with Gasteiger partial charge in [0.2, 0.25) is 5.91 Å². The van der Waals surface area contributed by atoms with Crippen molar-refractivity contribution in [3.8, 4) is 6.07 Å². The molecule has 0 fully saturated rings. The standard InChI is InChI=1S/C17H14N4OS/c1-11-2-7-14-15(8-11)23-17(20-14)21-16(22)10-19-13-5-3-12(9-18)4-6-13/h2-8,19H,10H2,1H3,(H,20,21,22). The third kappa shape index (κ3) is 3.65. The number of carbonyl (C=O) groups is 1. The number of aryl methyl sites for hydroxylation is 1. The maximum Gasteiger partial charge on any atom is 0.245 e. The molecule has 0 unspecified atom stereocenters. The maximum atomic E-state index is 12.0. The predicted molar refractivity (Wildman–Crippen MR) is 92.6 cm³/mol. The molecule has 2 aromatic carbocycles. The Balaban J connectivity index is 1.60. The topological polar surface area (TPSA) is 77.8 Å². The Kier molecular flexibility index (Phi) is 4.22. The van der Waals surface area contributed by atoms with Gasteiger partial charge in [-0.05, 0) is 48.9 Å². The van der Waals surface area contributed by atoms with Crippen molar-refractivity contribution in [2.24, 2.45) is 0 Å². The summed E-state index contributed by atoms with van der Waals surface area (Å²) < 4.78 is 1.06. The number of anilines is 2. The zero-order valence-corrected chi connectivity index (χ0v) is 13.3. The summed E-state index contributed by atoms with van der Waals surface area (Å²) in [4.78, 5) is 16.4. The zero-order chi connectivity index (χ0) is 16.2. The van der Waals surface area contributed by atoms with E-state index in [1.54, 1.807) is 24.3 Å². The fourth-order valence-corrected chi connectivity index (χ4v) is 3.07. The SMILES string of the molecule is Cc1ccc2nc(NC(=O)CNc3ccc(C#N)cc3)sc2c1. The van der Waals surface area contributed by atoms with Gasteiger partial charge in [0.05, 0.1) is 28.4 Å². The fourth-order valence-electron chi connectivity index (χ4n) is 2.09. The van der Waals surface area contributed by atoms with E-state index in [9.17, 15) is 4.79 Å². The van der Waals surface area contributed by atoms with Crippen LogP contribution in [0, 0.1) is 18.3 Å². The molecule has 0 aliphatic carbocycles. The number of fused-ring (bicyclic) bond motifs is 1. The molecule has 0 atom stereocenters. The highest BCUT2D eigenvalue weighted by atomic mass is 32.1. The first-order valence-corrected chi connectivity index (χ1v) is 7.87. The number of nitrogens with one attached hydrogen (secondary N) is 2. The van der Waals surface area contributed by atoms with Crippen LogP contribution in [-0.4, -0.2) is 17.4 Å². The number of benzene rings is 2. The van der Waals surface area contributed by atoms with E-state index in [2.05, 4.69) is 27.8 Å². The molecule has 1 heterocycles. The molecule has 0 bridgehead atoms. The Labute approximate surface area is 137 Å². The summed E-state index contributed by atoms with van der Waals surface area (Å²) in [5.41, 5.74) is 3.43. The molecule has 5 nitrogen and oxygen atoms in total. The zero-order valence-electron chi connectivity index (χ0n) is 12.5. The monoisotopic (exact) mass is 322 g/mol. The first-order valence-electron chi connectivity index (χ1n) is 7.05.